The second kappa shape index (κ2) is 8.76. The molecule has 0 saturated heterocycles. The molecule has 1 heterocycles. The van der Waals surface area contributed by atoms with Gasteiger partial charge in [-0.05, 0) is 42.5 Å². The second-order valence-corrected chi connectivity index (χ2v) is 8.36. The Bertz CT molecular complexity index is 1160. The normalized spacial score (nSPS) is 12.8. The van der Waals surface area contributed by atoms with Crippen molar-refractivity contribution in [1.82, 2.24) is 19.5 Å². The van der Waals surface area contributed by atoms with E-state index in [4.69, 9.17) is 4.84 Å². The molecule has 1 aromatic heterocycles. The lowest BCUT2D eigenvalue weighted by Gasteiger charge is -2.18. The number of fused-ring (bicyclic) bond motifs is 1. The Morgan fingerprint density at radius 3 is 2.60 bits per heavy atom. The minimum atomic E-state index is -3.69. The van der Waals surface area contributed by atoms with Crippen molar-refractivity contribution < 1.29 is 22.4 Å². The van der Waals surface area contributed by atoms with Gasteiger partial charge in [0.1, 0.15) is 16.9 Å². The molecule has 0 radical (unpaired) electrons. The lowest BCUT2D eigenvalue weighted by atomic mass is 10.3. The largest absolute Gasteiger partial charge is 0.382 e. The third-order valence-electron chi connectivity index (χ3n) is 4.49. The fourth-order valence-electron chi connectivity index (χ4n) is 2.82. The van der Waals surface area contributed by atoms with Crippen molar-refractivity contribution >= 4 is 32.7 Å². The summed E-state index contributed by atoms with van der Waals surface area (Å²) in [6, 6.07) is 10.1. The van der Waals surface area contributed by atoms with Crippen molar-refractivity contribution in [2.45, 2.75) is 31.8 Å². The van der Waals surface area contributed by atoms with Crippen LogP contribution in [0.1, 0.15) is 20.8 Å². The first-order valence-electron chi connectivity index (χ1n) is 9.36. The number of halogens is 1. The number of nitrogens with one attached hydrogen (secondary N) is 1. The Morgan fingerprint density at radius 1 is 1.23 bits per heavy atom. The summed E-state index contributed by atoms with van der Waals surface area (Å²) in [4.78, 5) is 18.9. The molecule has 160 valence electrons. The van der Waals surface area contributed by atoms with E-state index >= 15 is 0 Å². The zero-order chi connectivity index (χ0) is 21.9. The highest BCUT2D eigenvalue weighted by molar-refractivity contribution is 7.89. The highest BCUT2D eigenvalue weighted by Gasteiger charge is 2.24. The number of carbonyl (C=O) groups excluding carboxylic acids is 1. The van der Waals surface area contributed by atoms with Gasteiger partial charge >= 0.3 is 0 Å². The van der Waals surface area contributed by atoms with Gasteiger partial charge in [0, 0.05) is 13.1 Å². The average molecular weight is 435 g/mol. The number of aromatic nitrogens is 3. The molecule has 11 heteroatoms. The Labute approximate surface area is 173 Å². The fraction of sp³-hybridized carbons (Fsp3) is 0.316. The van der Waals surface area contributed by atoms with Crippen molar-refractivity contribution in [2.24, 2.45) is 0 Å². The van der Waals surface area contributed by atoms with Crippen LogP contribution >= 0.6 is 0 Å². The van der Waals surface area contributed by atoms with Crippen LogP contribution < -0.4 is 10.2 Å². The smallest absolute Gasteiger partial charge is 0.268 e. The number of amides is 1. The van der Waals surface area contributed by atoms with Gasteiger partial charge in [-0.2, -0.15) is 4.31 Å². The topological polar surface area (TPSA) is 106 Å². The third kappa shape index (κ3) is 4.26. The maximum absolute atomic E-state index is 13.7. The second-order valence-electron chi connectivity index (χ2n) is 6.42. The molecule has 0 spiro atoms. The summed E-state index contributed by atoms with van der Waals surface area (Å²) < 4.78 is 40.6. The molecule has 30 heavy (non-hydrogen) atoms. The number of hydrogen-bond acceptors (Lipinski definition) is 6. The Hall–Kier alpha value is -3.05. The number of rotatable bonds is 8. The summed E-state index contributed by atoms with van der Waals surface area (Å²) in [7, 11) is -3.69. The monoisotopic (exact) mass is 435 g/mol. The summed E-state index contributed by atoms with van der Waals surface area (Å²) in [6.07, 6.45) is -1.06. The molecule has 1 unspecified atom stereocenters. The van der Waals surface area contributed by atoms with E-state index in [1.54, 1.807) is 19.9 Å². The number of hydrogen-bond donors (Lipinski definition) is 1. The standard InChI is InChI=1S/C19H22FN5O4S/c1-4-24(5-2)30(27,28)14-10-11-17-18(12-14)25(23-22-17)29-13(3)19(26)21-16-9-7-6-8-15(16)20/h6-13H,4-5H2,1-3H3,(H,21,26). The van der Waals surface area contributed by atoms with E-state index in [1.165, 1.54) is 47.6 Å². The first-order valence-corrected chi connectivity index (χ1v) is 10.8. The van der Waals surface area contributed by atoms with E-state index < -0.39 is 27.9 Å². The number of sulfonamides is 1. The molecule has 2 aromatic carbocycles. The zero-order valence-electron chi connectivity index (χ0n) is 16.7. The minimum absolute atomic E-state index is 0.0222. The number of para-hydroxylation sites is 1. The number of nitrogens with zero attached hydrogens (tertiary/aromatic N) is 4. The molecule has 1 amide bonds. The quantitative estimate of drug-likeness (QED) is 0.581. The molecule has 0 saturated carbocycles. The molecule has 0 aliphatic heterocycles. The van der Waals surface area contributed by atoms with Gasteiger partial charge in [-0.1, -0.05) is 30.8 Å². The third-order valence-corrected chi connectivity index (χ3v) is 6.53. The molecular formula is C19H22FN5O4S. The number of benzene rings is 2. The summed E-state index contributed by atoms with van der Waals surface area (Å²) >= 11 is 0. The molecule has 3 aromatic rings. The van der Waals surface area contributed by atoms with Crippen LogP contribution in [0.5, 0.6) is 0 Å². The summed E-state index contributed by atoms with van der Waals surface area (Å²) in [5, 5.41) is 10.2. The molecule has 0 aliphatic carbocycles. The predicted octanol–water partition coefficient (Wildman–Crippen LogP) is 2.06. The van der Waals surface area contributed by atoms with Crippen LogP contribution in [0.4, 0.5) is 10.1 Å². The predicted molar refractivity (Wildman–Crippen MR) is 109 cm³/mol. The lowest BCUT2D eigenvalue weighted by Crippen LogP contribution is -2.35. The fourth-order valence-corrected chi connectivity index (χ4v) is 4.30. The van der Waals surface area contributed by atoms with Crippen LogP contribution in [0.25, 0.3) is 11.0 Å². The van der Waals surface area contributed by atoms with Crippen LogP contribution in [0.15, 0.2) is 47.4 Å². The molecule has 0 bridgehead atoms. The Balaban J connectivity index is 1.84. The lowest BCUT2D eigenvalue weighted by molar-refractivity contribution is -0.127. The van der Waals surface area contributed by atoms with Crippen LogP contribution in [0, 0.1) is 5.82 Å². The summed E-state index contributed by atoms with van der Waals surface area (Å²) in [6.45, 7) is 5.63. The van der Waals surface area contributed by atoms with Crippen molar-refractivity contribution in [1.29, 1.82) is 0 Å². The number of carbonyl (C=O) groups is 1. The highest BCUT2D eigenvalue weighted by Crippen LogP contribution is 2.20. The van der Waals surface area contributed by atoms with Gasteiger partial charge in [-0.15, -0.1) is 5.10 Å². The molecule has 0 aliphatic rings. The molecule has 1 atom stereocenters. The first-order chi connectivity index (χ1) is 14.3. The Kier molecular flexibility index (Phi) is 6.32. The van der Waals surface area contributed by atoms with E-state index in [0.29, 0.717) is 18.6 Å². The molecule has 3 rings (SSSR count). The number of anilines is 1. The van der Waals surface area contributed by atoms with E-state index in [9.17, 15) is 17.6 Å². The van der Waals surface area contributed by atoms with Gasteiger partial charge in [-0.25, -0.2) is 12.8 Å². The van der Waals surface area contributed by atoms with Gasteiger partial charge < -0.3 is 10.2 Å². The first kappa shape index (κ1) is 21.7. The average Bonchev–Trinajstić information content (AvgIpc) is 3.12. The van der Waals surface area contributed by atoms with Gasteiger partial charge in [0.05, 0.1) is 10.6 Å². The van der Waals surface area contributed by atoms with E-state index in [1.807, 2.05) is 0 Å². The van der Waals surface area contributed by atoms with Gasteiger partial charge in [-0.3, -0.25) is 4.79 Å². The summed E-state index contributed by atoms with van der Waals surface area (Å²) in [5.74, 6) is -1.17. The van der Waals surface area contributed by atoms with E-state index in [0.717, 1.165) is 4.85 Å². The van der Waals surface area contributed by atoms with Crippen molar-refractivity contribution in [3.63, 3.8) is 0 Å². The van der Waals surface area contributed by atoms with Crippen LogP contribution in [-0.2, 0) is 14.8 Å². The van der Waals surface area contributed by atoms with Gasteiger partial charge in [0.15, 0.2) is 0 Å². The minimum Gasteiger partial charge on any atom is -0.382 e. The van der Waals surface area contributed by atoms with E-state index in [-0.39, 0.29) is 16.1 Å². The maximum atomic E-state index is 13.7. The van der Waals surface area contributed by atoms with Crippen molar-refractivity contribution in [3.05, 3.63) is 48.3 Å². The van der Waals surface area contributed by atoms with Crippen molar-refractivity contribution in [3.8, 4) is 0 Å². The van der Waals surface area contributed by atoms with Crippen molar-refractivity contribution in [2.75, 3.05) is 18.4 Å². The molecular weight excluding hydrogens is 413 g/mol. The zero-order valence-corrected chi connectivity index (χ0v) is 17.6. The highest BCUT2D eigenvalue weighted by atomic mass is 32.2. The molecule has 1 N–H and O–H groups in total. The maximum Gasteiger partial charge on any atom is 0.268 e. The SMILES string of the molecule is CCN(CC)S(=O)(=O)c1ccc2nnn(OC(C)C(=O)Nc3ccccc3F)c2c1. The molecule has 9 nitrogen and oxygen atoms in total. The van der Waals surface area contributed by atoms with Crippen LogP contribution in [0.2, 0.25) is 0 Å². The van der Waals surface area contributed by atoms with Gasteiger partial charge in [0.2, 0.25) is 16.1 Å². The van der Waals surface area contributed by atoms with Gasteiger partial charge in [0.25, 0.3) is 5.91 Å². The Morgan fingerprint density at radius 2 is 1.93 bits per heavy atom. The van der Waals surface area contributed by atoms with Crippen LogP contribution in [-0.4, -0.2) is 53.0 Å². The van der Waals surface area contributed by atoms with E-state index in [2.05, 4.69) is 15.6 Å². The molecule has 0 fully saturated rings. The summed E-state index contributed by atoms with van der Waals surface area (Å²) in [5.41, 5.74) is 0.706. The van der Waals surface area contributed by atoms with Crippen LogP contribution in [0.3, 0.4) is 0 Å².